The van der Waals surface area contributed by atoms with Crippen molar-refractivity contribution in [1.82, 2.24) is 4.90 Å². The van der Waals surface area contributed by atoms with Crippen LogP contribution < -0.4 is 0 Å². The van der Waals surface area contributed by atoms with Crippen molar-refractivity contribution in [3.8, 4) is 0 Å². The first kappa shape index (κ1) is 12.0. The van der Waals surface area contributed by atoms with Gasteiger partial charge in [-0.05, 0) is 38.8 Å². The Morgan fingerprint density at radius 2 is 1.50 bits per heavy atom. The van der Waals surface area contributed by atoms with Crippen LogP contribution in [0.5, 0.6) is 0 Å². The average molecular weight is 171 g/mol. The first-order chi connectivity index (χ1) is 5.24. The van der Waals surface area contributed by atoms with Crippen molar-refractivity contribution in [3.05, 3.63) is 0 Å². The van der Waals surface area contributed by atoms with Gasteiger partial charge in [-0.25, -0.2) is 0 Å². The molecule has 0 aromatic rings. The van der Waals surface area contributed by atoms with Crippen molar-refractivity contribution in [2.24, 2.45) is 11.3 Å². The Balaban J connectivity index is 3.95. The largest absolute Gasteiger partial charge is 0.306 e. The van der Waals surface area contributed by atoms with Crippen LogP contribution in [-0.4, -0.2) is 25.0 Å². The maximum absolute atomic E-state index is 2.34. The van der Waals surface area contributed by atoms with Gasteiger partial charge in [0.05, 0.1) is 0 Å². The van der Waals surface area contributed by atoms with E-state index in [1.54, 1.807) is 0 Å². The van der Waals surface area contributed by atoms with E-state index >= 15 is 0 Å². The smallest absolute Gasteiger partial charge is 0.00866 e. The van der Waals surface area contributed by atoms with Crippen LogP contribution in [0.1, 0.15) is 41.0 Å². The second-order valence-corrected chi connectivity index (χ2v) is 5.45. The summed E-state index contributed by atoms with van der Waals surface area (Å²) in [4.78, 5) is 2.30. The van der Waals surface area contributed by atoms with Crippen molar-refractivity contribution < 1.29 is 0 Å². The maximum atomic E-state index is 2.34. The zero-order chi connectivity index (χ0) is 9.94. The SMILES string of the molecule is CC(CC(C)(C)C)C(C)N(C)C. The fraction of sp³-hybridized carbons (Fsp3) is 1.00. The molecule has 1 nitrogen and oxygen atoms in total. The number of rotatable bonds is 3. The summed E-state index contributed by atoms with van der Waals surface area (Å²) in [6.45, 7) is 11.6. The van der Waals surface area contributed by atoms with Crippen molar-refractivity contribution in [1.29, 1.82) is 0 Å². The van der Waals surface area contributed by atoms with Crippen molar-refractivity contribution >= 4 is 0 Å². The summed E-state index contributed by atoms with van der Waals surface area (Å²) < 4.78 is 0. The molecule has 0 aliphatic rings. The van der Waals surface area contributed by atoms with E-state index in [9.17, 15) is 0 Å². The van der Waals surface area contributed by atoms with Crippen LogP contribution in [-0.2, 0) is 0 Å². The Bertz CT molecular complexity index is 121. The van der Waals surface area contributed by atoms with E-state index in [1.807, 2.05) is 0 Å². The van der Waals surface area contributed by atoms with Gasteiger partial charge in [-0.2, -0.15) is 0 Å². The molecule has 0 saturated heterocycles. The summed E-state index contributed by atoms with van der Waals surface area (Å²) in [6.07, 6.45) is 1.30. The molecular weight excluding hydrogens is 146 g/mol. The van der Waals surface area contributed by atoms with Crippen LogP contribution >= 0.6 is 0 Å². The van der Waals surface area contributed by atoms with Crippen LogP contribution in [0.2, 0.25) is 0 Å². The normalized spacial score (nSPS) is 18.0. The number of nitrogens with zero attached hydrogens (tertiary/aromatic N) is 1. The van der Waals surface area contributed by atoms with Crippen LogP contribution in [0, 0.1) is 11.3 Å². The Morgan fingerprint density at radius 3 is 1.75 bits per heavy atom. The molecule has 0 aromatic heterocycles. The topological polar surface area (TPSA) is 3.24 Å². The standard InChI is InChI=1S/C11H25N/c1-9(8-11(3,4)5)10(2)12(6)7/h9-10H,8H2,1-7H3. The molecule has 2 atom stereocenters. The predicted molar refractivity (Wildman–Crippen MR) is 56.4 cm³/mol. The molecule has 0 aliphatic carbocycles. The van der Waals surface area contributed by atoms with Gasteiger partial charge < -0.3 is 4.90 Å². The molecule has 0 aromatic carbocycles. The first-order valence-corrected chi connectivity index (χ1v) is 4.90. The highest BCUT2D eigenvalue weighted by molar-refractivity contribution is 4.73. The average Bonchev–Trinajstić information content (AvgIpc) is 1.82. The van der Waals surface area contributed by atoms with Crippen LogP contribution in [0.4, 0.5) is 0 Å². The van der Waals surface area contributed by atoms with Gasteiger partial charge in [0, 0.05) is 6.04 Å². The van der Waals surface area contributed by atoms with Crippen molar-refractivity contribution in [2.75, 3.05) is 14.1 Å². The molecule has 2 unspecified atom stereocenters. The van der Waals surface area contributed by atoms with Crippen LogP contribution in [0.15, 0.2) is 0 Å². The molecule has 0 radical (unpaired) electrons. The lowest BCUT2D eigenvalue weighted by atomic mass is 9.82. The minimum absolute atomic E-state index is 0.462. The molecule has 0 rings (SSSR count). The van der Waals surface area contributed by atoms with E-state index in [-0.39, 0.29) is 0 Å². The molecule has 0 bridgehead atoms. The third-order valence-corrected chi connectivity index (χ3v) is 2.57. The second-order valence-electron chi connectivity index (χ2n) is 5.45. The molecule has 74 valence electrons. The lowest BCUT2D eigenvalue weighted by Crippen LogP contribution is -2.33. The van der Waals surface area contributed by atoms with Gasteiger partial charge in [0.25, 0.3) is 0 Å². The zero-order valence-electron chi connectivity index (χ0n) is 9.81. The number of hydrogen-bond donors (Lipinski definition) is 0. The van der Waals surface area contributed by atoms with E-state index in [1.165, 1.54) is 6.42 Å². The van der Waals surface area contributed by atoms with Gasteiger partial charge in [-0.15, -0.1) is 0 Å². The first-order valence-electron chi connectivity index (χ1n) is 4.90. The van der Waals surface area contributed by atoms with E-state index in [0.29, 0.717) is 11.5 Å². The van der Waals surface area contributed by atoms with Crippen LogP contribution in [0.25, 0.3) is 0 Å². The van der Waals surface area contributed by atoms with E-state index in [2.05, 4.69) is 53.6 Å². The molecule has 12 heavy (non-hydrogen) atoms. The highest BCUT2D eigenvalue weighted by Crippen LogP contribution is 2.26. The second kappa shape index (κ2) is 4.27. The molecule has 0 saturated carbocycles. The summed E-state index contributed by atoms with van der Waals surface area (Å²) in [6, 6.07) is 0.684. The Kier molecular flexibility index (Phi) is 4.25. The summed E-state index contributed by atoms with van der Waals surface area (Å²) in [5.41, 5.74) is 0.462. The van der Waals surface area contributed by atoms with Gasteiger partial charge >= 0.3 is 0 Å². The molecular formula is C11H25N. The summed E-state index contributed by atoms with van der Waals surface area (Å²) in [5, 5.41) is 0. The fourth-order valence-electron chi connectivity index (χ4n) is 1.65. The Hall–Kier alpha value is -0.0400. The Labute approximate surface area is 78.1 Å². The van der Waals surface area contributed by atoms with Gasteiger partial charge in [-0.3, -0.25) is 0 Å². The molecule has 1 heteroatoms. The molecule has 0 spiro atoms. The highest BCUT2D eigenvalue weighted by atomic mass is 15.1. The lowest BCUT2D eigenvalue weighted by molar-refractivity contribution is 0.186. The van der Waals surface area contributed by atoms with Gasteiger partial charge in [0.2, 0.25) is 0 Å². The Morgan fingerprint density at radius 1 is 1.08 bits per heavy atom. The molecule has 0 amide bonds. The summed E-state index contributed by atoms with van der Waals surface area (Å²) in [5.74, 6) is 0.778. The monoisotopic (exact) mass is 171 g/mol. The fourth-order valence-corrected chi connectivity index (χ4v) is 1.65. The zero-order valence-corrected chi connectivity index (χ0v) is 9.81. The van der Waals surface area contributed by atoms with Crippen molar-refractivity contribution in [2.45, 2.75) is 47.1 Å². The third-order valence-electron chi connectivity index (χ3n) is 2.57. The van der Waals surface area contributed by atoms with Gasteiger partial charge in [0.15, 0.2) is 0 Å². The van der Waals surface area contributed by atoms with Crippen molar-refractivity contribution in [3.63, 3.8) is 0 Å². The summed E-state index contributed by atoms with van der Waals surface area (Å²) >= 11 is 0. The molecule has 0 N–H and O–H groups in total. The van der Waals surface area contributed by atoms with Gasteiger partial charge in [0.1, 0.15) is 0 Å². The van der Waals surface area contributed by atoms with Crippen LogP contribution in [0.3, 0.4) is 0 Å². The minimum Gasteiger partial charge on any atom is -0.306 e. The maximum Gasteiger partial charge on any atom is 0.00866 e. The van der Waals surface area contributed by atoms with Gasteiger partial charge in [-0.1, -0.05) is 27.7 Å². The number of hydrogen-bond acceptors (Lipinski definition) is 1. The highest BCUT2D eigenvalue weighted by Gasteiger charge is 2.20. The quantitative estimate of drug-likeness (QED) is 0.631. The summed E-state index contributed by atoms with van der Waals surface area (Å²) in [7, 11) is 4.31. The lowest BCUT2D eigenvalue weighted by Gasteiger charge is -2.31. The molecule has 0 aliphatic heterocycles. The van der Waals surface area contributed by atoms with E-state index in [4.69, 9.17) is 0 Å². The van der Waals surface area contributed by atoms with E-state index in [0.717, 1.165) is 5.92 Å². The molecule has 0 fully saturated rings. The molecule has 0 heterocycles. The van der Waals surface area contributed by atoms with E-state index < -0.39 is 0 Å². The predicted octanol–water partition coefficient (Wildman–Crippen LogP) is 3.01. The minimum atomic E-state index is 0.462. The third kappa shape index (κ3) is 4.76.